The Morgan fingerprint density at radius 3 is 2.54 bits per heavy atom. The van der Waals surface area contributed by atoms with Gasteiger partial charge in [0.25, 0.3) is 0 Å². The highest BCUT2D eigenvalue weighted by Gasteiger charge is 2.26. The Morgan fingerprint density at radius 1 is 1.25 bits per heavy atom. The molecule has 0 aromatic heterocycles. The molecule has 1 amide bonds. The standard InChI is InChI=1S/C19H38N4O/c1-6-17(23-14-8-11-18(23)24)12-13-21-19(20-5)22-16(4)10-7-9-15(2)3/h15-17H,6-14H2,1-5H3,(H2,20,21,22). The Labute approximate surface area is 148 Å². The molecule has 2 N–H and O–H groups in total. The minimum Gasteiger partial charge on any atom is -0.356 e. The number of likely N-dealkylation sites (tertiary alicyclic amines) is 1. The quantitative estimate of drug-likeness (QED) is 0.475. The van der Waals surface area contributed by atoms with Crippen LogP contribution < -0.4 is 10.6 Å². The molecule has 5 heteroatoms. The van der Waals surface area contributed by atoms with E-state index in [1.807, 2.05) is 7.05 Å². The predicted molar refractivity (Wildman–Crippen MR) is 102 cm³/mol. The predicted octanol–water partition coefficient (Wildman–Crippen LogP) is 3.16. The van der Waals surface area contributed by atoms with E-state index in [0.717, 1.165) is 50.7 Å². The van der Waals surface area contributed by atoms with E-state index < -0.39 is 0 Å². The highest BCUT2D eigenvalue weighted by molar-refractivity contribution is 5.80. The molecule has 0 spiro atoms. The molecule has 1 aliphatic rings. The lowest BCUT2D eigenvalue weighted by Gasteiger charge is -2.27. The second-order valence-electron chi connectivity index (χ2n) is 7.41. The molecular formula is C19H38N4O. The molecule has 1 fully saturated rings. The number of amides is 1. The number of guanidine groups is 1. The number of nitrogens with zero attached hydrogens (tertiary/aromatic N) is 2. The number of carbonyl (C=O) groups excluding carboxylic acids is 1. The Morgan fingerprint density at radius 2 is 2.00 bits per heavy atom. The van der Waals surface area contributed by atoms with Crippen LogP contribution >= 0.6 is 0 Å². The van der Waals surface area contributed by atoms with E-state index in [4.69, 9.17) is 0 Å². The maximum absolute atomic E-state index is 11.9. The lowest BCUT2D eigenvalue weighted by Crippen LogP contribution is -2.44. The zero-order chi connectivity index (χ0) is 17.9. The van der Waals surface area contributed by atoms with Gasteiger partial charge in [0.05, 0.1) is 0 Å². The van der Waals surface area contributed by atoms with Gasteiger partial charge in [-0.3, -0.25) is 9.79 Å². The van der Waals surface area contributed by atoms with Crippen molar-refractivity contribution in [3.8, 4) is 0 Å². The Bertz CT molecular complexity index is 395. The summed E-state index contributed by atoms with van der Waals surface area (Å²) in [5, 5.41) is 6.87. The van der Waals surface area contributed by atoms with Gasteiger partial charge in [0.2, 0.25) is 5.91 Å². The fraction of sp³-hybridized carbons (Fsp3) is 0.895. The van der Waals surface area contributed by atoms with E-state index in [1.54, 1.807) is 0 Å². The minimum atomic E-state index is 0.322. The molecule has 24 heavy (non-hydrogen) atoms. The number of rotatable bonds is 10. The van der Waals surface area contributed by atoms with Crippen molar-refractivity contribution < 1.29 is 4.79 Å². The first-order valence-corrected chi connectivity index (χ1v) is 9.74. The molecule has 0 radical (unpaired) electrons. The average molecular weight is 339 g/mol. The van der Waals surface area contributed by atoms with Crippen LogP contribution in [0.2, 0.25) is 0 Å². The van der Waals surface area contributed by atoms with Gasteiger partial charge in [0.15, 0.2) is 5.96 Å². The van der Waals surface area contributed by atoms with Crippen molar-refractivity contribution >= 4 is 11.9 Å². The number of carbonyl (C=O) groups is 1. The van der Waals surface area contributed by atoms with Crippen molar-refractivity contribution in [2.45, 2.75) is 84.7 Å². The van der Waals surface area contributed by atoms with E-state index in [0.29, 0.717) is 18.0 Å². The summed E-state index contributed by atoms with van der Waals surface area (Å²) in [5.41, 5.74) is 0. The first-order chi connectivity index (χ1) is 11.5. The molecule has 0 saturated carbocycles. The first kappa shape index (κ1) is 20.8. The van der Waals surface area contributed by atoms with E-state index in [1.165, 1.54) is 19.3 Å². The van der Waals surface area contributed by atoms with Gasteiger partial charge in [-0.1, -0.05) is 33.6 Å². The summed E-state index contributed by atoms with van der Waals surface area (Å²) in [7, 11) is 1.82. The van der Waals surface area contributed by atoms with Crippen LogP contribution in [-0.2, 0) is 4.79 Å². The SMILES string of the molecule is CCC(CCNC(=NC)NC(C)CCCC(C)C)N1CCCC1=O. The summed E-state index contributed by atoms with van der Waals surface area (Å²) in [6, 6.07) is 0.783. The zero-order valence-electron chi connectivity index (χ0n) is 16.4. The van der Waals surface area contributed by atoms with Crippen molar-refractivity contribution in [2.75, 3.05) is 20.1 Å². The first-order valence-electron chi connectivity index (χ1n) is 9.74. The summed E-state index contributed by atoms with van der Waals surface area (Å²) < 4.78 is 0. The summed E-state index contributed by atoms with van der Waals surface area (Å²) in [6.45, 7) is 10.7. The smallest absolute Gasteiger partial charge is 0.222 e. The Hall–Kier alpha value is -1.26. The third-order valence-electron chi connectivity index (χ3n) is 4.82. The van der Waals surface area contributed by atoms with Gasteiger partial charge in [-0.05, 0) is 38.5 Å². The molecule has 0 aromatic carbocycles. The second kappa shape index (κ2) is 11.3. The molecule has 5 nitrogen and oxygen atoms in total. The molecule has 0 aliphatic carbocycles. The minimum absolute atomic E-state index is 0.322. The van der Waals surface area contributed by atoms with Gasteiger partial charge >= 0.3 is 0 Å². The molecule has 1 saturated heterocycles. The zero-order valence-corrected chi connectivity index (χ0v) is 16.4. The largest absolute Gasteiger partial charge is 0.356 e. The monoisotopic (exact) mass is 338 g/mol. The van der Waals surface area contributed by atoms with Gasteiger partial charge in [0, 0.05) is 38.6 Å². The van der Waals surface area contributed by atoms with E-state index in [2.05, 4.69) is 48.2 Å². The maximum Gasteiger partial charge on any atom is 0.222 e. The lowest BCUT2D eigenvalue weighted by atomic mass is 10.0. The number of hydrogen-bond acceptors (Lipinski definition) is 2. The Balaban J connectivity index is 2.28. The third-order valence-corrected chi connectivity index (χ3v) is 4.82. The summed E-state index contributed by atoms with van der Waals surface area (Å²) >= 11 is 0. The average Bonchev–Trinajstić information content (AvgIpc) is 2.96. The molecule has 0 bridgehead atoms. The maximum atomic E-state index is 11.9. The van der Waals surface area contributed by atoms with Crippen LogP contribution in [0.5, 0.6) is 0 Å². The molecule has 0 aromatic rings. The fourth-order valence-electron chi connectivity index (χ4n) is 3.33. The number of hydrogen-bond donors (Lipinski definition) is 2. The van der Waals surface area contributed by atoms with Gasteiger partial charge in [-0.2, -0.15) is 0 Å². The second-order valence-corrected chi connectivity index (χ2v) is 7.41. The van der Waals surface area contributed by atoms with Crippen molar-refractivity contribution in [3.63, 3.8) is 0 Å². The van der Waals surface area contributed by atoms with Crippen LogP contribution in [-0.4, -0.2) is 49.0 Å². The van der Waals surface area contributed by atoms with Gasteiger partial charge in [-0.25, -0.2) is 0 Å². The van der Waals surface area contributed by atoms with Crippen LogP contribution in [0.25, 0.3) is 0 Å². The summed E-state index contributed by atoms with van der Waals surface area (Å²) in [5.74, 6) is 1.96. The van der Waals surface area contributed by atoms with E-state index in [9.17, 15) is 4.79 Å². The fourth-order valence-corrected chi connectivity index (χ4v) is 3.33. The van der Waals surface area contributed by atoms with Crippen LogP contribution in [0.3, 0.4) is 0 Å². The number of aliphatic imine (C=N–C) groups is 1. The molecule has 1 aliphatic heterocycles. The van der Waals surface area contributed by atoms with Crippen LogP contribution in [0.15, 0.2) is 4.99 Å². The van der Waals surface area contributed by atoms with Crippen molar-refractivity contribution in [1.82, 2.24) is 15.5 Å². The van der Waals surface area contributed by atoms with Gasteiger partial charge in [0.1, 0.15) is 0 Å². The van der Waals surface area contributed by atoms with E-state index in [-0.39, 0.29) is 0 Å². The van der Waals surface area contributed by atoms with Crippen molar-refractivity contribution in [2.24, 2.45) is 10.9 Å². The highest BCUT2D eigenvalue weighted by Crippen LogP contribution is 2.17. The normalized spacial score (nSPS) is 18.2. The topological polar surface area (TPSA) is 56.7 Å². The molecular weight excluding hydrogens is 300 g/mol. The van der Waals surface area contributed by atoms with Crippen LogP contribution in [0, 0.1) is 5.92 Å². The van der Waals surface area contributed by atoms with Crippen molar-refractivity contribution in [3.05, 3.63) is 0 Å². The van der Waals surface area contributed by atoms with Crippen LogP contribution in [0.4, 0.5) is 0 Å². The van der Waals surface area contributed by atoms with Gasteiger partial charge in [-0.15, -0.1) is 0 Å². The molecule has 1 rings (SSSR count). The third kappa shape index (κ3) is 7.54. The Kier molecular flexibility index (Phi) is 9.80. The van der Waals surface area contributed by atoms with Crippen LogP contribution in [0.1, 0.15) is 72.6 Å². The number of nitrogens with one attached hydrogen (secondary N) is 2. The molecule has 2 atom stereocenters. The highest BCUT2D eigenvalue weighted by atomic mass is 16.2. The van der Waals surface area contributed by atoms with Crippen molar-refractivity contribution in [1.29, 1.82) is 0 Å². The lowest BCUT2D eigenvalue weighted by molar-refractivity contribution is -0.129. The molecule has 1 heterocycles. The van der Waals surface area contributed by atoms with E-state index >= 15 is 0 Å². The summed E-state index contributed by atoms with van der Waals surface area (Å²) in [4.78, 5) is 18.3. The molecule has 2 unspecified atom stereocenters. The molecule has 140 valence electrons. The van der Waals surface area contributed by atoms with Gasteiger partial charge < -0.3 is 15.5 Å². The summed E-state index contributed by atoms with van der Waals surface area (Å²) in [6.07, 6.45) is 7.42.